The van der Waals surface area contributed by atoms with Crippen molar-refractivity contribution in [3.8, 4) is 0 Å². The number of fused-ring (bicyclic) bond motifs is 3. The Morgan fingerprint density at radius 2 is 1.69 bits per heavy atom. The monoisotopic (exact) mass is 446 g/mol. The van der Waals surface area contributed by atoms with Gasteiger partial charge in [-0.15, -0.1) is 0 Å². The maximum Gasteiger partial charge on any atom is 0.282 e. The molecule has 0 saturated carbocycles. The molecule has 1 amide bonds. The molecule has 162 valence electrons. The molecule has 5 nitrogen and oxygen atoms in total. The summed E-state index contributed by atoms with van der Waals surface area (Å²) >= 11 is 6.31. The van der Waals surface area contributed by atoms with E-state index in [1.807, 2.05) is 84.9 Å². The first-order valence-electron chi connectivity index (χ1n) is 10.5. The number of hydrogen-bond donors (Lipinski definition) is 0. The lowest BCUT2D eigenvalue weighted by molar-refractivity contribution is -0.337. The number of carbonyl (C=O) groups excluding carboxylic acids is 1. The number of nitrogens with zero attached hydrogens (tertiary/aromatic N) is 2. The predicted molar refractivity (Wildman–Crippen MR) is 124 cm³/mol. The van der Waals surface area contributed by atoms with Gasteiger partial charge in [-0.25, -0.2) is 5.06 Å². The minimum Gasteiger partial charge on any atom is -0.269 e. The molecule has 0 N–H and O–H groups in total. The molecule has 2 aliphatic rings. The lowest BCUT2D eigenvalue weighted by Gasteiger charge is -2.50. The molecule has 5 rings (SSSR count). The van der Waals surface area contributed by atoms with Crippen LogP contribution in [0.5, 0.6) is 0 Å². The van der Waals surface area contributed by atoms with Crippen molar-refractivity contribution in [2.75, 3.05) is 0 Å². The van der Waals surface area contributed by atoms with Gasteiger partial charge in [-0.05, 0) is 43.2 Å². The van der Waals surface area contributed by atoms with Gasteiger partial charge in [-0.2, -0.15) is 5.06 Å². The summed E-state index contributed by atoms with van der Waals surface area (Å²) in [6, 6.07) is 25.4. The fourth-order valence-electron chi connectivity index (χ4n) is 4.02. The molecule has 2 aliphatic heterocycles. The first kappa shape index (κ1) is 20.8. The highest BCUT2D eigenvalue weighted by molar-refractivity contribution is 6.30. The molecule has 6 heteroatoms. The number of hydroxylamine groups is 4. The van der Waals surface area contributed by atoms with Crippen LogP contribution in [-0.4, -0.2) is 21.6 Å². The highest BCUT2D eigenvalue weighted by atomic mass is 35.5. The second kappa shape index (κ2) is 8.10. The Labute approximate surface area is 192 Å². The Balaban J connectivity index is 1.61. The van der Waals surface area contributed by atoms with Crippen LogP contribution in [0.15, 0.2) is 78.9 Å². The second-order valence-corrected chi connectivity index (χ2v) is 8.80. The summed E-state index contributed by atoms with van der Waals surface area (Å²) in [5, 5.41) is 3.85. The van der Waals surface area contributed by atoms with E-state index < -0.39 is 11.8 Å². The Hall–Kier alpha value is -3.12. The predicted octanol–water partition coefficient (Wildman–Crippen LogP) is 5.84. The van der Waals surface area contributed by atoms with E-state index >= 15 is 0 Å². The first-order valence-corrected chi connectivity index (χ1v) is 10.9. The van der Waals surface area contributed by atoms with Gasteiger partial charge in [0.15, 0.2) is 11.8 Å². The molecular weight excluding hydrogens is 424 g/mol. The average molecular weight is 447 g/mol. The van der Waals surface area contributed by atoms with Gasteiger partial charge in [0.1, 0.15) is 6.61 Å². The number of hydrogen-bond acceptors (Lipinski definition) is 4. The van der Waals surface area contributed by atoms with E-state index in [9.17, 15) is 4.79 Å². The standard InChI is InChI=1S/C26H23ClN2O3/c1-26(2)25(30)29(31-17-18-9-5-3-6-10-18)24-22-14-13-21(27)15-20(22)16-23(28(24)32-26)19-11-7-4-8-12-19/h3-16,24H,17H2,1-2H3. The molecule has 0 aromatic heterocycles. The van der Waals surface area contributed by atoms with Crippen molar-refractivity contribution in [1.82, 2.24) is 10.1 Å². The fraction of sp³-hybridized carbons (Fsp3) is 0.192. The average Bonchev–Trinajstić information content (AvgIpc) is 2.80. The van der Waals surface area contributed by atoms with Crippen LogP contribution >= 0.6 is 11.6 Å². The normalized spacial score (nSPS) is 19.3. The molecule has 1 atom stereocenters. The number of rotatable bonds is 4. The lowest BCUT2D eigenvalue weighted by Crippen LogP contribution is -2.60. The molecule has 3 aromatic carbocycles. The summed E-state index contributed by atoms with van der Waals surface area (Å²) in [5.74, 6) is -0.245. The smallest absolute Gasteiger partial charge is 0.269 e. The van der Waals surface area contributed by atoms with Crippen LogP contribution in [0.25, 0.3) is 11.8 Å². The van der Waals surface area contributed by atoms with Gasteiger partial charge in [-0.3, -0.25) is 14.5 Å². The summed E-state index contributed by atoms with van der Waals surface area (Å²) < 4.78 is 0. The van der Waals surface area contributed by atoms with Crippen LogP contribution in [0.2, 0.25) is 5.02 Å². The number of halogens is 1. The molecule has 0 bridgehead atoms. The van der Waals surface area contributed by atoms with E-state index in [1.54, 1.807) is 18.9 Å². The van der Waals surface area contributed by atoms with Crippen LogP contribution < -0.4 is 0 Å². The Bertz CT molecular complexity index is 1180. The zero-order chi connectivity index (χ0) is 22.3. The number of amides is 1. The van der Waals surface area contributed by atoms with E-state index in [0.29, 0.717) is 5.02 Å². The third-order valence-corrected chi connectivity index (χ3v) is 5.86. The van der Waals surface area contributed by atoms with Crippen molar-refractivity contribution in [3.05, 3.63) is 106 Å². The maximum atomic E-state index is 13.4. The summed E-state index contributed by atoms with van der Waals surface area (Å²) in [6.45, 7) is 3.77. The van der Waals surface area contributed by atoms with Crippen LogP contribution in [0.4, 0.5) is 0 Å². The topological polar surface area (TPSA) is 42.0 Å². The molecule has 0 aliphatic carbocycles. The Morgan fingerprint density at radius 3 is 2.41 bits per heavy atom. The van der Waals surface area contributed by atoms with Gasteiger partial charge in [0, 0.05) is 16.1 Å². The molecule has 2 heterocycles. The molecule has 32 heavy (non-hydrogen) atoms. The van der Waals surface area contributed by atoms with Crippen molar-refractivity contribution in [3.63, 3.8) is 0 Å². The van der Waals surface area contributed by atoms with E-state index in [1.165, 1.54) is 5.06 Å². The van der Waals surface area contributed by atoms with Gasteiger partial charge in [0.05, 0.1) is 5.70 Å². The van der Waals surface area contributed by atoms with Crippen LogP contribution in [0.3, 0.4) is 0 Å². The van der Waals surface area contributed by atoms with Crippen LogP contribution in [-0.2, 0) is 21.1 Å². The minimum atomic E-state index is -1.11. The van der Waals surface area contributed by atoms with Gasteiger partial charge in [-0.1, -0.05) is 78.3 Å². The van der Waals surface area contributed by atoms with Crippen molar-refractivity contribution in [2.24, 2.45) is 0 Å². The summed E-state index contributed by atoms with van der Waals surface area (Å²) in [6.07, 6.45) is 1.45. The second-order valence-electron chi connectivity index (χ2n) is 8.36. The van der Waals surface area contributed by atoms with E-state index in [-0.39, 0.29) is 12.5 Å². The highest BCUT2D eigenvalue weighted by Gasteiger charge is 2.51. The zero-order valence-electron chi connectivity index (χ0n) is 17.9. The molecule has 0 radical (unpaired) electrons. The fourth-order valence-corrected chi connectivity index (χ4v) is 4.20. The van der Waals surface area contributed by atoms with Gasteiger partial charge in [0.2, 0.25) is 0 Å². The molecule has 0 spiro atoms. The highest BCUT2D eigenvalue weighted by Crippen LogP contribution is 2.46. The summed E-state index contributed by atoms with van der Waals surface area (Å²) in [4.78, 5) is 25.9. The molecule has 3 aromatic rings. The molecular formula is C26H23ClN2O3. The van der Waals surface area contributed by atoms with Crippen molar-refractivity contribution < 1.29 is 14.5 Å². The molecule has 1 saturated heterocycles. The van der Waals surface area contributed by atoms with Crippen LogP contribution in [0, 0.1) is 0 Å². The minimum absolute atomic E-state index is 0.245. The first-order chi connectivity index (χ1) is 15.4. The third kappa shape index (κ3) is 3.69. The largest absolute Gasteiger partial charge is 0.282 e. The molecule has 1 unspecified atom stereocenters. The Morgan fingerprint density at radius 1 is 1.00 bits per heavy atom. The summed E-state index contributed by atoms with van der Waals surface area (Å²) in [7, 11) is 0. The lowest BCUT2D eigenvalue weighted by atomic mass is 9.95. The number of benzene rings is 3. The number of carbonyl (C=O) groups is 1. The van der Waals surface area contributed by atoms with Crippen molar-refractivity contribution in [2.45, 2.75) is 32.2 Å². The van der Waals surface area contributed by atoms with Gasteiger partial charge >= 0.3 is 0 Å². The van der Waals surface area contributed by atoms with E-state index in [0.717, 1.165) is 28.0 Å². The van der Waals surface area contributed by atoms with Gasteiger partial charge < -0.3 is 0 Å². The quantitative estimate of drug-likeness (QED) is 0.505. The van der Waals surface area contributed by atoms with Crippen molar-refractivity contribution in [1.29, 1.82) is 0 Å². The molecule has 1 fully saturated rings. The summed E-state index contributed by atoms with van der Waals surface area (Å²) in [5.41, 5.74) is 3.47. The maximum absolute atomic E-state index is 13.4. The third-order valence-electron chi connectivity index (χ3n) is 5.63. The van der Waals surface area contributed by atoms with Crippen molar-refractivity contribution >= 4 is 29.3 Å². The Kier molecular flexibility index (Phi) is 5.25. The van der Waals surface area contributed by atoms with Gasteiger partial charge in [0.25, 0.3) is 5.91 Å². The van der Waals surface area contributed by atoms with E-state index in [4.69, 9.17) is 21.3 Å². The zero-order valence-corrected chi connectivity index (χ0v) is 18.6. The van der Waals surface area contributed by atoms with E-state index in [2.05, 4.69) is 0 Å². The SMILES string of the molecule is CC1(C)ON2C(c3ccccc3)=Cc3cc(Cl)ccc3C2N(OCc2ccccc2)C1=O. The van der Waals surface area contributed by atoms with Crippen LogP contribution in [0.1, 0.15) is 42.3 Å².